The summed E-state index contributed by atoms with van der Waals surface area (Å²) >= 11 is 0. The van der Waals surface area contributed by atoms with E-state index < -0.39 is 29.6 Å². The highest BCUT2D eigenvalue weighted by molar-refractivity contribution is 5.92. The minimum Gasteiger partial charge on any atom is -0.479 e. The molecule has 1 aromatic carbocycles. The lowest BCUT2D eigenvalue weighted by atomic mass is 9.60. The second-order valence-corrected chi connectivity index (χ2v) is 9.26. The molecule has 0 radical (unpaired) electrons. The topological polar surface area (TPSA) is 160 Å². The lowest BCUT2D eigenvalue weighted by Crippen LogP contribution is -2.63. The Bertz CT molecular complexity index is 1170. The molecule has 6 atom stereocenters. The Morgan fingerprint density at radius 3 is 2.43 bits per heavy atom. The number of piperidine rings is 1. The molecule has 1 aliphatic carbocycles. The number of esters is 1. The third-order valence-corrected chi connectivity index (χ3v) is 7.36. The predicted octanol–water partition coefficient (Wildman–Crippen LogP) is 1.05. The third-order valence-electron chi connectivity index (χ3n) is 7.36. The Kier molecular flexibility index (Phi) is 6.72. The number of ether oxygens (including phenoxy) is 1. The maximum atomic E-state index is 13.2. The van der Waals surface area contributed by atoms with Gasteiger partial charge in [-0.3, -0.25) is 9.69 Å². The summed E-state index contributed by atoms with van der Waals surface area (Å²) < 4.78 is 5.41. The molecule has 188 valence electrons. The standard InChI is InChI=1S/C21H24N2O2.C4H6O6/c1-3-14-10-13-11-21(20(24)25-2)18-16(8-9-23(12-13)19(14)21)15-6-4-5-7-17(15)22-18;5-1(3(7)8)2(6)4(9)10/h4-7,10,13,19,22H,3,8-9,11-12H2,1-2H3;1-2,5-6H,(H,7,8)(H,9,10)/t13-,19+,21-;1-,2+/m0./s1. The second kappa shape index (κ2) is 9.44. The summed E-state index contributed by atoms with van der Waals surface area (Å²) in [5.74, 6) is -3.19. The quantitative estimate of drug-likeness (QED) is 0.307. The fourth-order valence-electron chi connectivity index (χ4n) is 5.98. The molecule has 6 rings (SSSR count). The van der Waals surface area contributed by atoms with Crippen molar-refractivity contribution in [3.8, 4) is 0 Å². The molecule has 4 heterocycles. The van der Waals surface area contributed by atoms with Crippen molar-refractivity contribution in [2.45, 2.75) is 49.9 Å². The first-order valence-corrected chi connectivity index (χ1v) is 11.6. The summed E-state index contributed by atoms with van der Waals surface area (Å²) in [6.45, 7) is 4.28. The number of carbonyl (C=O) groups is 3. The van der Waals surface area contributed by atoms with Gasteiger partial charge in [-0.25, -0.2) is 9.59 Å². The Morgan fingerprint density at radius 1 is 1.17 bits per heavy atom. The van der Waals surface area contributed by atoms with Gasteiger partial charge >= 0.3 is 17.9 Å². The van der Waals surface area contributed by atoms with Gasteiger partial charge in [-0.1, -0.05) is 36.8 Å². The first-order chi connectivity index (χ1) is 16.6. The molecule has 2 aromatic rings. The second-order valence-electron chi connectivity index (χ2n) is 9.26. The Labute approximate surface area is 201 Å². The Balaban J connectivity index is 0.000000248. The molecule has 1 aromatic heterocycles. The van der Waals surface area contributed by atoms with Gasteiger partial charge in [-0.05, 0) is 36.8 Å². The van der Waals surface area contributed by atoms with Crippen LogP contribution < -0.4 is 0 Å². The fraction of sp³-hybridized carbons (Fsp3) is 0.480. The van der Waals surface area contributed by atoms with E-state index in [1.54, 1.807) is 0 Å². The fourth-order valence-corrected chi connectivity index (χ4v) is 5.98. The van der Waals surface area contributed by atoms with Crippen molar-refractivity contribution in [3.63, 3.8) is 0 Å². The predicted molar refractivity (Wildman–Crippen MR) is 125 cm³/mol. The van der Waals surface area contributed by atoms with Crippen molar-refractivity contribution in [3.05, 3.63) is 47.2 Å². The molecule has 5 N–H and O–H groups in total. The van der Waals surface area contributed by atoms with E-state index in [2.05, 4.69) is 47.1 Å². The molecule has 10 heteroatoms. The first-order valence-electron chi connectivity index (χ1n) is 11.6. The van der Waals surface area contributed by atoms with Crippen molar-refractivity contribution in [2.24, 2.45) is 5.92 Å². The highest BCUT2D eigenvalue weighted by atomic mass is 16.5. The number of methoxy groups -OCH3 is 1. The summed E-state index contributed by atoms with van der Waals surface area (Å²) in [6, 6.07) is 8.56. The first kappa shape index (κ1) is 24.9. The molecule has 1 saturated heterocycles. The lowest BCUT2D eigenvalue weighted by Gasteiger charge is -2.53. The van der Waals surface area contributed by atoms with Crippen LogP contribution in [0.2, 0.25) is 0 Å². The van der Waals surface area contributed by atoms with E-state index in [1.165, 1.54) is 23.6 Å². The number of hydrogen-bond donors (Lipinski definition) is 5. The number of carbonyl (C=O) groups excluding carboxylic acids is 1. The van der Waals surface area contributed by atoms with Crippen LogP contribution in [0.4, 0.5) is 0 Å². The van der Waals surface area contributed by atoms with Crippen LogP contribution in [-0.4, -0.2) is 86.7 Å². The highest BCUT2D eigenvalue weighted by Crippen LogP contribution is 2.53. The van der Waals surface area contributed by atoms with Gasteiger partial charge in [0.1, 0.15) is 5.41 Å². The SMILES string of the molecule is CCC1=C[C@@H]2CN3CCc4c([nH]c5ccccc45)[C@@](C(=O)OC)(C2)[C@@H]13.O=C(O)[C@@H](O)[C@@H](O)C(=O)O. The number of fused-ring (bicyclic) bond motifs is 3. The molecule has 10 nitrogen and oxygen atoms in total. The molecule has 4 bridgehead atoms. The van der Waals surface area contributed by atoms with Gasteiger partial charge in [-0.15, -0.1) is 0 Å². The van der Waals surface area contributed by atoms with E-state index in [1.807, 2.05) is 0 Å². The largest absolute Gasteiger partial charge is 0.479 e. The Hall–Kier alpha value is -3.21. The summed E-state index contributed by atoms with van der Waals surface area (Å²) in [5.41, 5.74) is 4.36. The molecule has 0 amide bonds. The van der Waals surface area contributed by atoms with Crippen molar-refractivity contribution >= 4 is 28.8 Å². The Morgan fingerprint density at radius 2 is 1.83 bits per heavy atom. The number of aromatic nitrogens is 1. The van der Waals surface area contributed by atoms with Gasteiger partial charge in [0.15, 0.2) is 12.2 Å². The number of aliphatic hydroxyl groups is 2. The summed E-state index contributed by atoms with van der Waals surface area (Å²) in [5, 5.41) is 33.8. The van der Waals surface area contributed by atoms with Crippen LogP contribution in [-0.2, 0) is 31.0 Å². The van der Waals surface area contributed by atoms with Crippen LogP contribution in [0.5, 0.6) is 0 Å². The van der Waals surface area contributed by atoms with E-state index in [0.29, 0.717) is 5.92 Å². The maximum absolute atomic E-state index is 13.2. The normalized spacial score (nSPS) is 28.0. The molecular weight excluding hydrogens is 456 g/mol. The molecule has 3 aliphatic heterocycles. The van der Waals surface area contributed by atoms with Crippen LogP contribution in [0.1, 0.15) is 31.0 Å². The van der Waals surface area contributed by atoms with Crippen molar-refractivity contribution < 1.29 is 39.5 Å². The van der Waals surface area contributed by atoms with Gasteiger partial charge in [-0.2, -0.15) is 0 Å². The number of hydrogen-bond acceptors (Lipinski definition) is 7. The van der Waals surface area contributed by atoms with Crippen molar-refractivity contribution in [1.82, 2.24) is 9.88 Å². The number of nitrogens with one attached hydrogen (secondary N) is 1. The maximum Gasteiger partial charge on any atom is 0.335 e. The summed E-state index contributed by atoms with van der Waals surface area (Å²) in [7, 11) is 1.53. The number of aliphatic hydroxyl groups excluding tert-OH is 2. The van der Waals surface area contributed by atoms with Crippen LogP contribution in [0.15, 0.2) is 35.9 Å². The van der Waals surface area contributed by atoms with Gasteiger partial charge < -0.3 is 30.1 Å². The average Bonchev–Trinajstić information content (AvgIpc) is 3.20. The van der Waals surface area contributed by atoms with Gasteiger partial charge in [0.2, 0.25) is 0 Å². The number of aromatic amines is 1. The van der Waals surface area contributed by atoms with Crippen LogP contribution in [0.3, 0.4) is 0 Å². The van der Waals surface area contributed by atoms with Crippen LogP contribution in [0, 0.1) is 5.92 Å². The van der Waals surface area contributed by atoms with Gasteiger partial charge in [0.25, 0.3) is 0 Å². The van der Waals surface area contributed by atoms with E-state index in [0.717, 1.165) is 43.6 Å². The molecule has 0 spiro atoms. The zero-order valence-corrected chi connectivity index (χ0v) is 19.6. The number of rotatable bonds is 5. The van der Waals surface area contributed by atoms with Crippen molar-refractivity contribution in [2.75, 3.05) is 20.2 Å². The molecule has 35 heavy (non-hydrogen) atoms. The number of para-hydroxylation sites is 1. The van der Waals surface area contributed by atoms with Crippen molar-refractivity contribution in [1.29, 1.82) is 0 Å². The number of aliphatic carboxylic acids is 2. The van der Waals surface area contributed by atoms with Crippen LogP contribution >= 0.6 is 0 Å². The smallest absolute Gasteiger partial charge is 0.335 e. The molecule has 1 unspecified atom stereocenters. The average molecular weight is 487 g/mol. The number of nitrogens with zero attached hydrogens (tertiary/aromatic N) is 1. The number of carboxylic acid groups (broad SMARTS) is 2. The molecule has 0 saturated carbocycles. The van der Waals surface area contributed by atoms with Gasteiger partial charge in [0.05, 0.1) is 13.2 Å². The van der Waals surface area contributed by atoms with E-state index in [9.17, 15) is 14.4 Å². The zero-order chi connectivity index (χ0) is 25.5. The summed E-state index contributed by atoms with van der Waals surface area (Å²) in [6.07, 6.45) is 0.722. The van der Waals surface area contributed by atoms with E-state index >= 15 is 0 Å². The monoisotopic (exact) mass is 486 g/mol. The number of benzene rings is 1. The number of carboxylic acids is 2. The van der Waals surface area contributed by atoms with Gasteiger partial charge in [0, 0.05) is 29.7 Å². The van der Waals surface area contributed by atoms with E-state index in [4.69, 9.17) is 25.2 Å². The minimum atomic E-state index is -2.27. The molecule has 1 fully saturated rings. The minimum absolute atomic E-state index is 0.0824. The van der Waals surface area contributed by atoms with Crippen LogP contribution in [0.25, 0.3) is 10.9 Å². The summed E-state index contributed by atoms with van der Waals surface area (Å²) in [4.78, 5) is 39.0. The number of H-pyrrole nitrogens is 1. The molecular formula is C25H30N2O8. The third kappa shape index (κ3) is 4.01. The zero-order valence-electron chi connectivity index (χ0n) is 19.6. The highest BCUT2D eigenvalue weighted by Gasteiger charge is 2.60. The lowest BCUT2D eigenvalue weighted by molar-refractivity contribution is -0.165. The molecule has 4 aliphatic rings. The van der Waals surface area contributed by atoms with E-state index in [-0.39, 0.29) is 12.0 Å².